The molecule has 4 unspecified atom stereocenters. The molecule has 4 atom stereocenters. The van der Waals surface area contributed by atoms with Gasteiger partial charge in [-0.05, 0) is 6.92 Å². The van der Waals surface area contributed by atoms with E-state index in [1.54, 1.807) is 0 Å². The topological polar surface area (TPSA) is 214 Å². The van der Waals surface area contributed by atoms with Crippen molar-refractivity contribution in [2.75, 3.05) is 12.4 Å². The summed E-state index contributed by atoms with van der Waals surface area (Å²) in [5.74, 6) is -4.90. The number of aliphatic hydroxyl groups excluding tert-OH is 1. The van der Waals surface area contributed by atoms with E-state index in [0.29, 0.717) is 0 Å². The Balaban J connectivity index is 4.84. The second kappa shape index (κ2) is 11.3. The number of hydrogen-bond donors (Lipinski definition) is 8. The number of carboxylic acid groups (broad SMARTS) is 1. The molecule has 0 aromatic carbocycles. The molecule has 0 aliphatic carbocycles. The Morgan fingerprint density at radius 3 is 1.92 bits per heavy atom. The van der Waals surface area contributed by atoms with Gasteiger partial charge in [0, 0.05) is 5.75 Å². The van der Waals surface area contributed by atoms with Gasteiger partial charge in [-0.3, -0.25) is 24.0 Å². The van der Waals surface area contributed by atoms with Crippen LogP contribution in [0.4, 0.5) is 0 Å². The van der Waals surface area contributed by atoms with E-state index in [9.17, 15) is 29.1 Å². The minimum absolute atomic E-state index is 0.169. The van der Waals surface area contributed by atoms with Crippen molar-refractivity contribution in [3.05, 3.63) is 0 Å². The number of carbonyl (C=O) groups excluding carboxylic acids is 4. The van der Waals surface area contributed by atoms with Crippen molar-refractivity contribution < 1.29 is 34.2 Å². The van der Waals surface area contributed by atoms with Gasteiger partial charge in [0.2, 0.25) is 23.6 Å². The summed E-state index contributed by atoms with van der Waals surface area (Å²) in [4.78, 5) is 57.3. The molecule has 12 nitrogen and oxygen atoms in total. The number of hydrogen-bond acceptors (Lipinski definition) is 8. The number of carbonyl (C=O) groups is 5. The molecular weight excluding hydrogens is 370 g/mol. The van der Waals surface area contributed by atoms with E-state index in [2.05, 4.69) is 28.6 Å². The van der Waals surface area contributed by atoms with E-state index in [4.69, 9.17) is 16.6 Å². The molecule has 0 rings (SSSR count). The first-order valence-corrected chi connectivity index (χ1v) is 8.06. The smallest absolute Gasteiger partial charge is 0.325 e. The summed E-state index contributed by atoms with van der Waals surface area (Å²) < 4.78 is 0. The maximum Gasteiger partial charge on any atom is 0.325 e. The number of aliphatic hydroxyl groups is 1. The zero-order valence-corrected chi connectivity index (χ0v) is 14.9. The molecule has 148 valence electrons. The molecule has 9 N–H and O–H groups in total. The minimum Gasteiger partial charge on any atom is -0.480 e. The van der Waals surface area contributed by atoms with Crippen molar-refractivity contribution in [1.29, 1.82) is 0 Å². The molecule has 0 saturated carbocycles. The Kier molecular flexibility index (Phi) is 10.2. The van der Waals surface area contributed by atoms with Crippen molar-refractivity contribution in [2.45, 2.75) is 37.5 Å². The Labute approximate surface area is 154 Å². The summed E-state index contributed by atoms with van der Waals surface area (Å²) in [6.07, 6.45) is -0.458. The van der Waals surface area contributed by atoms with Crippen LogP contribution in [-0.2, 0) is 24.0 Å². The predicted molar refractivity (Wildman–Crippen MR) is 91.8 cm³/mol. The fourth-order valence-corrected chi connectivity index (χ4v) is 1.88. The number of aliphatic carboxylic acids is 1. The molecule has 0 aromatic rings. The van der Waals surface area contributed by atoms with Crippen LogP contribution in [0.25, 0.3) is 0 Å². The second-order valence-corrected chi connectivity index (χ2v) is 5.70. The average molecular weight is 393 g/mol. The van der Waals surface area contributed by atoms with Gasteiger partial charge in [-0.1, -0.05) is 0 Å². The summed E-state index contributed by atoms with van der Waals surface area (Å²) >= 11 is 3.90. The van der Waals surface area contributed by atoms with E-state index in [1.165, 1.54) is 6.92 Å². The lowest BCUT2D eigenvalue weighted by atomic mass is 10.1. The molecule has 0 fully saturated rings. The van der Waals surface area contributed by atoms with Crippen molar-refractivity contribution in [3.8, 4) is 0 Å². The Morgan fingerprint density at radius 1 is 1.00 bits per heavy atom. The lowest BCUT2D eigenvalue weighted by Gasteiger charge is -2.22. The molecule has 4 amide bonds. The van der Waals surface area contributed by atoms with Crippen LogP contribution in [0, 0.1) is 0 Å². The number of nitrogens with one attached hydrogen (secondary N) is 3. The van der Waals surface area contributed by atoms with Gasteiger partial charge < -0.3 is 37.6 Å². The normalized spacial score (nSPS) is 15.1. The minimum atomic E-state index is -1.45. The number of carboxylic acids is 1. The quantitative estimate of drug-likeness (QED) is 0.160. The standard InChI is InChI=1S/C13H23N5O7S/c1-5(13(24)25)16-12(23)8(4-26)18-11(22)7(3-19)17-10(21)6(14)2-9(15)20/h5-8,19,26H,2-4,14H2,1H3,(H2,15,20)(H,16,23)(H,17,21)(H,18,22)(H,24,25). The molecule has 0 saturated heterocycles. The van der Waals surface area contributed by atoms with Crippen molar-refractivity contribution in [1.82, 2.24) is 16.0 Å². The highest BCUT2D eigenvalue weighted by Crippen LogP contribution is 1.95. The van der Waals surface area contributed by atoms with Gasteiger partial charge in [-0.25, -0.2) is 0 Å². The van der Waals surface area contributed by atoms with E-state index in [1.807, 2.05) is 0 Å². The fraction of sp³-hybridized carbons (Fsp3) is 0.615. The Bertz CT molecular complexity index is 559. The van der Waals surface area contributed by atoms with Gasteiger partial charge in [-0.15, -0.1) is 0 Å². The van der Waals surface area contributed by atoms with E-state index < -0.39 is 66.8 Å². The molecule has 0 aliphatic heterocycles. The highest BCUT2D eigenvalue weighted by molar-refractivity contribution is 7.80. The summed E-state index contributed by atoms with van der Waals surface area (Å²) in [6.45, 7) is 0.418. The second-order valence-electron chi connectivity index (χ2n) is 5.33. The number of thiol groups is 1. The van der Waals surface area contributed by atoms with Crippen LogP contribution in [0.2, 0.25) is 0 Å². The molecule has 0 spiro atoms. The Hall–Kier alpha value is -2.38. The third kappa shape index (κ3) is 8.13. The SMILES string of the molecule is CC(NC(=O)C(CS)NC(=O)C(CO)NC(=O)C(N)CC(N)=O)C(=O)O. The first-order valence-electron chi connectivity index (χ1n) is 7.43. The lowest BCUT2D eigenvalue weighted by molar-refractivity contribution is -0.141. The first-order chi connectivity index (χ1) is 12.0. The van der Waals surface area contributed by atoms with Crippen LogP contribution < -0.4 is 27.4 Å². The molecule has 26 heavy (non-hydrogen) atoms. The number of rotatable bonds is 11. The van der Waals surface area contributed by atoms with Crippen LogP contribution in [0.15, 0.2) is 0 Å². The van der Waals surface area contributed by atoms with Crippen LogP contribution >= 0.6 is 12.6 Å². The van der Waals surface area contributed by atoms with Gasteiger partial charge in [-0.2, -0.15) is 12.6 Å². The summed E-state index contributed by atoms with van der Waals surface area (Å²) in [5.41, 5.74) is 10.3. The number of nitrogens with two attached hydrogens (primary N) is 2. The van der Waals surface area contributed by atoms with Gasteiger partial charge in [0.25, 0.3) is 0 Å². The molecule has 0 bridgehead atoms. The molecular formula is C13H23N5O7S. The van der Waals surface area contributed by atoms with Crippen LogP contribution in [0.3, 0.4) is 0 Å². The highest BCUT2D eigenvalue weighted by atomic mass is 32.1. The average Bonchev–Trinajstić information content (AvgIpc) is 2.55. The van der Waals surface area contributed by atoms with Crippen LogP contribution in [-0.4, -0.2) is 76.3 Å². The fourth-order valence-electron chi connectivity index (χ4n) is 1.62. The third-order valence-corrected chi connectivity index (χ3v) is 3.48. The zero-order valence-electron chi connectivity index (χ0n) is 14.0. The summed E-state index contributed by atoms with van der Waals surface area (Å²) in [6, 6.07) is -5.16. The largest absolute Gasteiger partial charge is 0.480 e. The van der Waals surface area contributed by atoms with Gasteiger partial charge >= 0.3 is 5.97 Å². The zero-order chi connectivity index (χ0) is 20.4. The Morgan fingerprint density at radius 2 is 1.50 bits per heavy atom. The van der Waals surface area contributed by atoms with Crippen molar-refractivity contribution in [3.63, 3.8) is 0 Å². The van der Waals surface area contributed by atoms with Crippen LogP contribution in [0.1, 0.15) is 13.3 Å². The number of amides is 4. The summed E-state index contributed by atoms with van der Waals surface area (Å²) in [5, 5.41) is 24.5. The molecule has 0 radical (unpaired) electrons. The molecule has 0 aliphatic rings. The summed E-state index contributed by atoms with van der Waals surface area (Å²) in [7, 11) is 0. The third-order valence-electron chi connectivity index (χ3n) is 3.12. The maximum absolute atomic E-state index is 12.1. The van der Waals surface area contributed by atoms with Crippen molar-refractivity contribution >= 4 is 42.2 Å². The lowest BCUT2D eigenvalue weighted by Crippen LogP contribution is -2.58. The molecule has 0 aromatic heterocycles. The molecule has 0 heterocycles. The van der Waals surface area contributed by atoms with E-state index in [0.717, 1.165) is 0 Å². The van der Waals surface area contributed by atoms with Crippen molar-refractivity contribution in [2.24, 2.45) is 11.5 Å². The van der Waals surface area contributed by atoms with E-state index in [-0.39, 0.29) is 5.75 Å². The monoisotopic (exact) mass is 393 g/mol. The predicted octanol–water partition coefficient (Wildman–Crippen LogP) is -4.33. The van der Waals surface area contributed by atoms with E-state index >= 15 is 0 Å². The van der Waals surface area contributed by atoms with Gasteiger partial charge in [0.05, 0.1) is 19.1 Å². The number of primary amides is 1. The van der Waals surface area contributed by atoms with Gasteiger partial charge in [0.1, 0.15) is 18.1 Å². The highest BCUT2D eigenvalue weighted by Gasteiger charge is 2.28. The van der Waals surface area contributed by atoms with Gasteiger partial charge in [0.15, 0.2) is 0 Å². The molecule has 13 heteroatoms. The van der Waals surface area contributed by atoms with Crippen LogP contribution in [0.5, 0.6) is 0 Å². The first kappa shape index (κ1) is 23.6. The maximum atomic E-state index is 12.1.